The van der Waals surface area contributed by atoms with Crippen molar-refractivity contribution in [2.45, 2.75) is 38.8 Å². The first-order valence-electron chi connectivity index (χ1n) is 6.29. The monoisotopic (exact) mass is 302 g/mol. The normalized spacial score (nSPS) is 18.2. The molecule has 1 N–H and O–H groups in total. The summed E-state index contributed by atoms with van der Waals surface area (Å²) in [6, 6.07) is 1.92. The number of hydrogen-bond donors (Lipinski definition) is 1. The van der Waals surface area contributed by atoms with Gasteiger partial charge in [-0.2, -0.15) is 18.4 Å². The summed E-state index contributed by atoms with van der Waals surface area (Å²) in [5.41, 5.74) is 0.997. The Morgan fingerprint density at radius 3 is 2.80 bits per heavy atom. The molecule has 1 atom stereocenters. The zero-order valence-electron chi connectivity index (χ0n) is 10.8. The number of fused-ring (bicyclic) bond motifs is 1. The number of nitrogens with zero attached hydrogens (tertiary/aromatic N) is 1. The Morgan fingerprint density at radius 1 is 1.55 bits per heavy atom. The average molecular weight is 302 g/mol. The van der Waals surface area contributed by atoms with E-state index in [1.165, 1.54) is 0 Å². The van der Waals surface area contributed by atoms with E-state index in [4.69, 9.17) is 5.26 Å². The number of nitriles is 1. The van der Waals surface area contributed by atoms with Crippen LogP contribution in [-0.2, 0) is 17.6 Å². The van der Waals surface area contributed by atoms with Crippen molar-refractivity contribution in [3.8, 4) is 6.07 Å². The Labute approximate surface area is 118 Å². The highest BCUT2D eigenvalue weighted by molar-refractivity contribution is 7.16. The van der Waals surface area contributed by atoms with Crippen LogP contribution in [0.2, 0.25) is 0 Å². The molecule has 0 spiro atoms. The molecule has 1 aromatic heterocycles. The van der Waals surface area contributed by atoms with E-state index in [1.54, 1.807) is 0 Å². The van der Waals surface area contributed by atoms with Crippen LogP contribution in [0.3, 0.4) is 0 Å². The van der Waals surface area contributed by atoms with Crippen LogP contribution in [0.4, 0.5) is 18.2 Å². The van der Waals surface area contributed by atoms with Gasteiger partial charge in [-0.1, -0.05) is 13.3 Å². The Kier molecular flexibility index (Phi) is 4.04. The summed E-state index contributed by atoms with van der Waals surface area (Å²) in [7, 11) is 0. The molecule has 0 radical (unpaired) electrons. The summed E-state index contributed by atoms with van der Waals surface area (Å²) in [6.45, 7) is 2.07. The zero-order chi connectivity index (χ0) is 14.9. The standard InChI is InChI=1S/C13H13F3N2OS/c1-2-7-3-4-8-9(6-17)11(20-10(8)5-7)18-12(19)13(14,15)16/h7H,2-5H2,1H3,(H,18,19). The van der Waals surface area contributed by atoms with E-state index in [-0.39, 0.29) is 10.6 Å². The number of alkyl halides is 3. The molecule has 0 bridgehead atoms. The molecule has 1 unspecified atom stereocenters. The van der Waals surface area contributed by atoms with Crippen LogP contribution in [-0.4, -0.2) is 12.1 Å². The van der Waals surface area contributed by atoms with Crippen LogP contribution in [0, 0.1) is 17.2 Å². The molecule has 0 aliphatic heterocycles. The fraction of sp³-hybridized carbons (Fsp3) is 0.538. The molecule has 108 valence electrons. The number of rotatable bonds is 2. The minimum atomic E-state index is -4.94. The van der Waals surface area contributed by atoms with Gasteiger partial charge in [0, 0.05) is 4.88 Å². The molecule has 1 amide bonds. The average Bonchev–Trinajstić information content (AvgIpc) is 2.73. The van der Waals surface area contributed by atoms with E-state index in [1.807, 2.05) is 11.4 Å². The highest BCUT2D eigenvalue weighted by Crippen LogP contribution is 2.40. The molecule has 0 aromatic carbocycles. The number of thiophene rings is 1. The number of halogens is 3. The van der Waals surface area contributed by atoms with Gasteiger partial charge in [-0.15, -0.1) is 11.3 Å². The van der Waals surface area contributed by atoms with Crippen molar-refractivity contribution in [2.24, 2.45) is 5.92 Å². The summed E-state index contributed by atoms with van der Waals surface area (Å²) in [6.07, 6.45) is -1.55. The van der Waals surface area contributed by atoms with Crippen LogP contribution in [0.1, 0.15) is 35.8 Å². The Bertz CT molecular complexity index is 571. The van der Waals surface area contributed by atoms with Crippen molar-refractivity contribution < 1.29 is 18.0 Å². The van der Waals surface area contributed by atoms with Gasteiger partial charge in [-0.25, -0.2) is 0 Å². The second-order valence-corrected chi connectivity index (χ2v) is 5.89. The highest BCUT2D eigenvalue weighted by atomic mass is 32.1. The molecule has 1 heterocycles. The zero-order valence-corrected chi connectivity index (χ0v) is 11.6. The van der Waals surface area contributed by atoms with Gasteiger partial charge in [0.25, 0.3) is 0 Å². The van der Waals surface area contributed by atoms with Gasteiger partial charge in [0.15, 0.2) is 0 Å². The van der Waals surface area contributed by atoms with Crippen LogP contribution < -0.4 is 5.32 Å². The Balaban J connectivity index is 2.30. The van der Waals surface area contributed by atoms with Crippen molar-refractivity contribution in [3.63, 3.8) is 0 Å². The fourth-order valence-corrected chi connectivity index (χ4v) is 3.69. The lowest BCUT2D eigenvalue weighted by Crippen LogP contribution is -2.29. The smallest absolute Gasteiger partial charge is 0.309 e. The largest absolute Gasteiger partial charge is 0.471 e. The second-order valence-electron chi connectivity index (χ2n) is 4.79. The Hall–Kier alpha value is -1.55. The Morgan fingerprint density at radius 2 is 2.25 bits per heavy atom. The second kappa shape index (κ2) is 5.44. The molecule has 0 fully saturated rings. The molecule has 0 saturated carbocycles. The van der Waals surface area contributed by atoms with Crippen molar-refractivity contribution >= 4 is 22.2 Å². The minimum absolute atomic E-state index is 0.0246. The van der Waals surface area contributed by atoms with E-state index < -0.39 is 12.1 Å². The van der Waals surface area contributed by atoms with Crippen molar-refractivity contribution in [3.05, 3.63) is 16.0 Å². The maximum atomic E-state index is 12.3. The number of anilines is 1. The van der Waals surface area contributed by atoms with Gasteiger partial charge in [-0.05, 0) is 30.7 Å². The van der Waals surface area contributed by atoms with Gasteiger partial charge >= 0.3 is 12.1 Å². The van der Waals surface area contributed by atoms with Crippen molar-refractivity contribution in [1.29, 1.82) is 5.26 Å². The van der Waals surface area contributed by atoms with Crippen LogP contribution in [0.15, 0.2) is 0 Å². The summed E-state index contributed by atoms with van der Waals surface area (Å²) in [5, 5.41) is 11.0. The number of hydrogen-bond acceptors (Lipinski definition) is 3. The molecule has 2 rings (SSSR count). The summed E-state index contributed by atoms with van der Waals surface area (Å²) < 4.78 is 36.8. The summed E-state index contributed by atoms with van der Waals surface area (Å²) in [5.74, 6) is -1.53. The molecule has 0 saturated heterocycles. The third kappa shape index (κ3) is 2.80. The SMILES string of the molecule is CCC1CCc2c(sc(NC(=O)C(F)(F)F)c2C#N)C1. The highest BCUT2D eigenvalue weighted by Gasteiger charge is 2.39. The predicted octanol–water partition coefficient (Wildman–Crippen LogP) is 3.64. The van der Waals surface area contributed by atoms with Crippen LogP contribution >= 0.6 is 11.3 Å². The first-order chi connectivity index (χ1) is 9.36. The fourth-order valence-electron chi connectivity index (χ4n) is 2.38. The lowest BCUT2D eigenvalue weighted by molar-refractivity contribution is -0.167. The third-order valence-electron chi connectivity index (χ3n) is 3.54. The van der Waals surface area contributed by atoms with Gasteiger partial charge in [0.2, 0.25) is 0 Å². The third-order valence-corrected chi connectivity index (χ3v) is 4.71. The molecule has 1 aliphatic carbocycles. The number of nitrogens with one attached hydrogen (secondary N) is 1. The van der Waals surface area contributed by atoms with E-state index in [9.17, 15) is 18.0 Å². The maximum absolute atomic E-state index is 12.3. The number of amides is 1. The van der Waals surface area contributed by atoms with E-state index in [0.29, 0.717) is 12.3 Å². The molecule has 20 heavy (non-hydrogen) atoms. The molecular weight excluding hydrogens is 289 g/mol. The first-order valence-corrected chi connectivity index (χ1v) is 7.11. The van der Waals surface area contributed by atoms with E-state index in [0.717, 1.165) is 41.0 Å². The number of carbonyl (C=O) groups is 1. The van der Waals surface area contributed by atoms with Gasteiger partial charge in [0.05, 0.1) is 5.56 Å². The van der Waals surface area contributed by atoms with E-state index in [2.05, 4.69) is 6.92 Å². The topological polar surface area (TPSA) is 52.9 Å². The number of carbonyl (C=O) groups excluding carboxylic acids is 1. The van der Waals surface area contributed by atoms with Gasteiger partial charge in [0.1, 0.15) is 11.1 Å². The van der Waals surface area contributed by atoms with Gasteiger partial charge in [-0.3, -0.25) is 4.79 Å². The van der Waals surface area contributed by atoms with Crippen molar-refractivity contribution in [2.75, 3.05) is 5.32 Å². The van der Waals surface area contributed by atoms with E-state index >= 15 is 0 Å². The summed E-state index contributed by atoms with van der Waals surface area (Å²) >= 11 is 1.10. The van der Waals surface area contributed by atoms with Crippen molar-refractivity contribution in [1.82, 2.24) is 0 Å². The first kappa shape index (κ1) is 14.9. The molecular formula is C13H13F3N2OS. The molecule has 3 nitrogen and oxygen atoms in total. The minimum Gasteiger partial charge on any atom is -0.309 e. The molecule has 7 heteroatoms. The lowest BCUT2D eigenvalue weighted by atomic mass is 9.86. The molecule has 1 aliphatic rings. The quantitative estimate of drug-likeness (QED) is 0.907. The predicted molar refractivity (Wildman–Crippen MR) is 69.5 cm³/mol. The lowest BCUT2D eigenvalue weighted by Gasteiger charge is -2.20. The summed E-state index contributed by atoms with van der Waals surface area (Å²) in [4.78, 5) is 11.9. The maximum Gasteiger partial charge on any atom is 0.471 e. The van der Waals surface area contributed by atoms with Crippen LogP contribution in [0.25, 0.3) is 0 Å². The molecule has 1 aromatic rings. The van der Waals surface area contributed by atoms with Crippen LogP contribution in [0.5, 0.6) is 0 Å². The van der Waals surface area contributed by atoms with Gasteiger partial charge < -0.3 is 5.32 Å².